The van der Waals surface area contributed by atoms with Crippen molar-refractivity contribution >= 4 is 85.5 Å². The van der Waals surface area contributed by atoms with Crippen LogP contribution in [-0.2, 0) is 33.8 Å². The third kappa shape index (κ3) is 17.2. The van der Waals surface area contributed by atoms with Crippen molar-refractivity contribution < 1.29 is 37.1 Å². The molecule has 4 heterocycles. The molecule has 2 saturated heterocycles. The van der Waals surface area contributed by atoms with E-state index in [2.05, 4.69) is 51.6 Å². The first kappa shape index (κ1) is 65.2. The zero-order valence-corrected chi connectivity index (χ0v) is 52.6. The fourth-order valence-electron chi connectivity index (χ4n) is 10.6. The number of carbonyl (C=O) groups is 5. The highest BCUT2D eigenvalue weighted by Gasteiger charge is 2.45. The van der Waals surface area contributed by atoms with Crippen molar-refractivity contribution in [3.05, 3.63) is 110 Å². The van der Waals surface area contributed by atoms with E-state index in [-0.39, 0.29) is 96.6 Å². The van der Waals surface area contributed by atoms with Gasteiger partial charge in [-0.3, -0.25) is 24.0 Å². The quantitative estimate of drug-likeness (QED) is 0.0157. The number of para-hydroxylation sites is 1. The number of halogens is 1. The number of amides is 5. The molecule has 3 aromatic carbocycles. The fourth-order valence-corrected chi connectivity index (χ4v) is 12.8. The molecule has 2 aromatic heterocycles. The topological polar surface area (TPSA) is 283 Å². The minimum Gasteiger partial charge on any atom is -0.489 e. The zero-order valence-electron chi connectivity index (χ0n) is 50.2. The van der Waals surface area contributed by atoms with Gasteiger partial charge in [0.25, 0.3) is 0 Å². The van der Waals surface area contributed by atoms with E-state index in [1.54, 1.807) is 55.0 Å². The Labute approximate surface area is 507 Å². The van der Waals surface area contributed by atoms with Gasteiger partial charge in [0.15, 0.2) is 15.7 Å². The predicted octanol–water partition coefficient (Wildman–Crippen LogP) is 11.2. The number of rotatable bonds is 25. The minimum atomic E-state index is -3.63. The van der Waals surface area contributed by atoms with Crippen LogP contribution < -0.4 is 31.3 Å². The number of aromatic nitrogens is 3. The molecule has 2 fully saturated rings. The number of aryl methyl sites for hydroxylation is 2. The Morgan fingerprint density at radius 1 is 0.882 bits per heavy atom. The summed E-state index contributed by atoms with van der Waals surface area (Å²) in [4.78, 5) is 90.3. The summed E-state index contributed by atoms with van der Waals surface area (Å²) in [6.45, 7) is 19.9. The monoisotopic (exact) mass is 1220 g/mol. The molecule has 2 aliphatic rings. The van der Waals surface area contributed by atoms with Crippen molar-refractivity contribution in [2.24, 2.45) is 10.5 Å². The first-order valence-corrected chi connectivity index (χ1v) is 31.8. The predicted molar refractivity (Wildman–Crippen MR) is 332 cm³/mol. The maximum atomic E-state index is 14.8. The number of thiazole rings is 1. The Hall–Kier alpha value is -7.33. The minimum absolute atomic E-state index is 0.00309. The summed E-state index contributed by atoms with van der Waals surface area (Å²) >= 11 is 8.10. The van der Waals surface area contributed by atoms with Gasteiger partial charge in [-0.2, -0.15) is 4.98 Å². The van der Waals surface area contributed by atoms with Crippen LogP contribution in [0.25, 0.3) is 20.9 Å². The zero-order chi connectivity index (χ0) is 61.8. The summed E-state index contributed by atoms with van der Waals surface area (Å²) < 4.78 is 32.7. The number of hydrogen-bond donors (Lipinski definition) is 5. The molecule has 0 spiro atoms. The largest absolute Gasteiger partial charge is 0.489 e. The van der Waals surface area contributed by atoms with Crippen molar-refractivity contribution in [1.82, 2.24) is 40.7 Å². The van der Waals surface area contributed by atoms with Crippen LogP contribution in [-0.4, -0.2) is 118 Å². The summed E-state index contributed by atoms with van der Waals surface area (Å²) in [5.41, 5.74) is 15.5. The number of piperidine rings is 1. The third-order valence-corrected chi connectivity index (χ3v) is 18.8. The van der Waals surface area contributed by atoms with Crippen molar-refractivity contribution in [3.63, 3.8) is 0 Å². The Bertz CT molecular complexity index is 3360. The van der Waals surface area contributed by atoms with Crippen LogP contribution in [0.15, 0.2) is 82.4 Å². The van der Waals surface area contributed by atoms with E-state index in [0.717, 1.165) is 32.8 Å². The number of azide groups is 1. The maximum absolute atomic E-state index is 14.8. The standard InChI is InChI=1S/C61H80ClN13O8S2/c1-36(2)83-50-32-45(38(5)30-48(50)70-60-64-33-46(62)57(72-60)69-47-16-11-12-17-51(47)85(81,82)37(3)4)42-25-28-74(29-26-42)54(78)20-15-19-53(77)71-56(61(8,9)10)59(80)75-34-44(68-52(76)18-13-14-27-66-73-63)31-49(75)58(79)67-39(6)41-21-23-43(24-22-41)55-40(7)65-35-84-55/h11-12,16-17,21-24,30,32-33,35-37,39,42,44,49,56H,13-15,18-20,25-29,31,34H2,1-10H3,(H,67,79)(H,68,76)(H,71,77)(H2,64,69,70,72)/t39?,44-,49+,56?/m1/s1. The summed E-state index contributed by atoms with van der Waals surface area (Å²) in [5.74, 6) is -0.414. The second-order valence-electron chi connectivity index (χ2n) is 23.5. The SMILES string of the molecule is Cc1cc(Nc2ncc(Cl)c(Nc3ccccc3S(=O)(=O)C(C)C)n2)c(OC(C)C)cc1C1CCN(C(=O)CCCC(=O)NC(C(=O)N2C[C@H](NC(=O)CCCCN=[N+]=[N-])C[C@H]2C(=O)NC(C)c2ccc(-c3scnc3C)cc2)C(C)(C)C)CC1. The van der Waals surface area contributed by atoms with Crippen molar-refractivity contribution in [2.75, 3.05) is 36.8 Å². The number of unbranched alkanes of at least 4 members (excludes halogenated alkanes) is 1. The van der Waals surface area contributed by atoms with Gasteiger partial charge in [-0.15, -0.1) is 11.3 Å². The molecule has 456 valence electrons. The van der Waals surface area contributed by atoms with Gasteiger partial charge in [0, 0.05) is 56.4 Å². The Morgan fingerprint density at radius 2 is 1.59 bits per heavy atom. The van der Waals surface area contributed by atoms with E-state index in [0.29, 0.717) is 55.9 Å². The van der Waals surface area contributed by atoms with Crippen LogP contribution in [0.2, 0.25) is 5.02 Å². The van der Waals surface area contributed by atoms with Gasteiger partial charge in [-0.25, -0.2) is 18.4 Å². The van der Waals surface area contributed by atoms with E-state index in [1.165, 1.54) is 11.1 Å². The summed E-state index contributed by atoms with van der Waals surface area (Å²) in [6, 6.07) is 15.6. The average molecular weight is 1220 g/mol. The molecule has 5 N–H and O–H groups in total. The van der Waals surface area contributed by atoms with Crippen LogP contribution in [0.1, 0.15) is 148 Å². The number of anilines is 4. The van der Waals surface area contributed by atoms with Crippen molar-refractivity contribution in [3.8, 4) is 16.2 Å². The molecule has 5 amide bonds. The number of nitrogens with one attached hydrogen (secondary N) is 5. The first-order chi connectivity index (χ1) is 40.3. The van der Waals surface area contributed by atoms with E-state index in [4.69, 9.17) is 21.9 Å². The second-order valence-corrected chi connectivity index (χ2v) is 27.2. The number of nitrogens with zero attached hydrogens (tertiary/aromatic N) is 8. The molecule has 85 heavy (non-hydrogen) atoms. The summed E-state index contributed by atoms with van der Waals surface area (Å²) in [6.07, 6.45) is 4.45. The van der Waals surface area contributed by atoms with Gasteiger partial charge in [0.2, 0.25) is 35.5 Å². The van der Waals surface area contributed by atoms with Crippen molar-refractivity contribution in [1.29, 1.82) is 0 Å². The molecule has 0 radical (unpaired) electrons. The molecule has 0 aliphatic carbocycles. The lowest BCUT2D eigenvalue weighted by atomic mass is 9.85. The number of hydrogen-bond acceptors (Lipinski definition) is 15. The molecule has 2 unspecified atom stereocenters. The van der Waals surface area contributed by atoms with Gasteiger partial charge in [0.1, 0.15) is 22.9 Å². The lowest BCUT2D eigenvalue weighted by Gasteiger charge is -2.35. The molecular formula is C61H80ClN13O8S2. The maximum Gasteiger partial charge on any atom is 0.246 e. The molecule has 4 atom stereocenters. The van der Waals surface area contributed by atoms with Gasteiger partial charge in [-0.1, -0.05) is 73.9 Å². The molecular weight excluding hydrogens is 1140 g/mol. The van der Waals surface area contributed by atoms with Crippen LogP contribution in [0.4, 0.5) is 23.1 Å². The van der Waals surface area contributed by atoms with Crippen LogP contribution in [0, 0.1) is 19.3 Å². The highest BCUT2D eigenvalue weighted by molar-refractivity contribution is 7.92. The number of likely N-dealkylation sites (tertiary alicyclic amines) is 2. The Balaban J connectivity index is 0.950. The fraction of sp³-hybridized carbons (Fsp3) is 0.508. The van der Waals surface area contributed by atoms with Gasteiger partial charge in [0.05, 0.1) is 55.9 Å². The third-order valence-electron chi connectivity index (χ3n) is 15.3. The molecule has 0 bridgehead atoms. The first-order valence-electron chi connectivity index (χ1n) is 29.0. The Kier molecular flexibility index (Phi) is 22.4. The molecule has 5 aromatic rings. The highest BCUT2D eigenvalue weighted by Crippen LogP contribution is 2.39. The summed E-state index contributed by atoms with van der Waals surface area (Å²) in [5, 5.41) is 18.5. The van der Waals surface area contributed by atoms with E-state index < -0.39 is 56.5 Å². The van der Waals surface area contributed by atoms with Gasteiger partial charge < -0.3 is 41.1 Å². The number of carbonyl (C=O) groups excluding carboxylic acids is 5. The number of sulfone groups is 1. The average Bonchev–Trinajstić information content (AvgIpc) is 3.05. The Morgan fingerprint density at radius 3 is 2.25 bits per heavy atom. The van der Waals surface area contributed by atoms with Crippen LogP contribution >= 0.6 is 22.9 Å². The van der Waals surface area contributed by atoms with E-state index in [9.17, 15) is 32.4 Å². The normalized spacial score (nSPS) is 16.3. The highest BCUT2D eigenvalue weighted by atomic mass is 35.5. The number of benzene rings is 3. The van der Waals surface area contributed by atoms with E-state index in [1.807, 2.05) is 96.7 Å². The van der Waals surface area contributed by atoms with Gasteiger partial charge >= 0.3 is 0 Å². The molecule has 7 rings (SSSR count). The lowest BCUT2D eigenvalue weighted by Crippen LogP contribution is -2.58. The van der Waals surface area contributed by atoms with Crippen LogP contribution in [0.3, 0.4) is 0 Å². The molecule has 24 heteroatoms. The lowest BCUT2D eigenvalue weighted by molar-refractivity contribution is -0.144. The van der Waals surface area contributed by atoms with Crippen molar-refractivity contribution in [2.45, 2.75) is 173 Å². The van der Waals surface area contributed by atoms with E-state index >= 15 is 0 Å². The summed E-state index contributed by atoms with van der Waals surface area (Å²) in [7, 11) is -3.63. The van der Waals surface area contributed by atoms with Crippen LogP contribution in [0.5, 0.6) is 5.75 Å². The smallest absolute Gasteiger partial charge is 0.246 e. The van der Waals surface area contributed by atoms with Gasteiger partial charge in [-0.05, 0) is 150 Å². The molecule has 0 saturated carbocycles. The second kappa shape index (κ2) is 29.2. The molecule has 21 nitrogen and oxygen atoms in total. The number of ether oxygens (including phenoxy) is 1. The molecule has 2 aliphatic heterocycles.